The first-order valence-corrected chi connectivity index (χ1v) is 8.87. The number of rotatable bonds is 6. The van der Waals surface area contributed by atoms with Gasteiger partial charge in [-0.05, 0) is 44.7 Å². The molecule has 122 valence electrons. The van der Waals surface area contributed by atoms with Crippen molar-refractivity contribution in [1.29, 1.82) is 0 Å². The lowest BCUT2D eigenvalue weighted by Gasteiger charge is -2.18. The number of aryl methyl sites for hydroxylation is 1. The fourth-order valence-electron chi connectivity index (χ4n) is 2.66. The predicted molar refractivity (Wildman–Crippen MR) is 93.0 cm³/mol. The second-order valence-electron chi connectivity index (χ2n) is 6.01. The first kappa shape index (κ1) is 16.4. The van der Waals surface area contributed by atoms with E-state index in [1.807, 2.05) is 38.1 Å². The summed E-state index contributed by atoms with van der Waals surface area (Å²) >= 11 is 7.54. The highest BCUT2D eigenvalue weighted by molar-refractivity contribution is 7.12. The van der Waals surface area contributed by atoms with E-state index in [1.54, 1.807) is 11.3 Å². The van der Waals surface area contributed by atoms with Gasteiger partial charge in [0, 0.05) is 15.5 Å². The molecule has 23 heavy (non-hydrogen) atoms. The molecule has 0 amide bonds. The van der Waals surface area contributed by atoms with Crippen molar-refractivity contribution >= 4 is 28.9 Å². The molecule has 1 aromatic heterocycles. The van der Waals surface area contributed by atoms with Crippen LogP contribution in [0.5, 0.6) is 0 Å². The summed E-state index contributed by atoms with van der Waals surface area (Å²) in [7, 11) is 0. The van der Waals surface area contributed by atoms with Crippen LogP contribution >= 0.6 is 22.9 Å². The van der Waals surface area contributed by atoms with Crippen LogP contribution in [0.25, 0.3) is 11.3 Å². The smallest absolute Gasteiger partial charge is 0.321 e. The molecule has 2 unspecified atom stereocenters. The number of thiazole rings is 1. The van der Waals surface area contributed by atoms with Gasteiger partial charge in [-0.3, -0.25) is 10.1 Å². The quantitative estimate of drug-likeness (QED) is 0.816. The van der Waals surface area contributed by atoms with Crippen molar-refractivity contribution in [3.63, 3.8) is 0 Å². The molecule has 0 aliphatic heterocycles. The topological polar surface area (TPSA) is 62.2 Å². The molecule has 6 heteroatoms. The molecule has 4 nitrogen and oxygen atoms in total. The molecule has 1 aromatic carbocycles. The Labute approximate surface area is 144 Å². The normalized spacial score (nSPS) is 17.0. The zero-order valence-electron chi connectivity index (χ0n) is 13.0. The Morgan fingerprint density at radius 2 is 2.04 bits per heavy atom. The van der Waals surface area contributed by atoms with E-state index in [-0.39, 0.29) is 12.0 Å². The molecule has 3 rings (SSSR count). The van der Waals surface area contributed by atoms with E-state index in [0.717, 1.165) is 34.0 Å². The lowest BCUT2D eigenvalue weighted by atomic mass is 10.1. The number of hydrogen-bond donors (Lipinski definition) is 2. The molecule has 0 radical (unpaired) electrons. The average Bonchev–Trinajstić information content (AvgIpc) is 3.27. The van der Waals surface area contributed by atoms with Crippen molar-refractivity contribution in [2.24, 2.45) is 5.92 Å². The van der Waals surface area contributed by atoms with Gasteiger partial charge in [0.05, 0.1) is 11.7 Å². The third kappa shape index (κ3) is 3.74. The van der Waals surface area contributed by atoms with Gasteiger partial charge >= 0.3 is 5.97 Å². The summed E-state index contributed by atoms with van der Waals surface area (Å²) < 4.78 is 0. The summed E-state index contributed by atoms with van der Waals surface area (Å²) in [6.45, 7) is 4.01. The van der Waals surface area contributed by atoms with E-state index < -0.39 is 12.0 Å². The van der Waals surface area contributed by atoms with Gasteiger partial charge in [-0.25, -0.2) is 4.98 Å². The van der Waals surface area contributed by atoms with Crippen molar-refractivity contribution in [1.82, 2.24) is 10.3 Å². The van der Waals surface area contributed by atoms with Gasteiger partial charge in [-0.15, -0.1) is 11.3 Å². The summed E-state index contributed by atoms with van der Waals surface area (Å²) in [5, 5.41) is 14.2. The van der Waals surface area contributed by atoms with Crippen LogP contribution in [0.2, 0.25) is 5.02 Å². The van der Waals surface area contributed by atoms with Crippen molar-refractivity contribution in [3.8, 4) is 11.3 Å². The number of carboxylic acids is 1. The summed E-state index contributed by atoms with van der Waals surface area (Å²) in [6.07, 6.45) is 1.98. The van der Waals surface area contributed by atoms with E-state index in [4.69, 9.17) is 16.6 Å². The van der Waals surface area contributed by atoms with Crippen LogP contribution < -0.4 is 5.32 Å². The number of nitrogens with one attached hydrogen (secondary N) is 1. The van der Waals surface area contributed by atoms with Gasteiger partial charge in [0.15, 0.2) is 0 Å². The standard InChI is InChI=1S/C17H19ClN2O2S/c1-9(19-15(17(21)22)12-3-4-12)16-20-14(10(2)23-16)11-5-7-13(18)8-6-11/h5-9,12,15,19H,3-4H2,1-2H3,(H,21,22). The Morgan fingerprint density at radius 1 is 1.39 bits per heavy atom. The number of aromatic nitrogens is 1. The van der Waals surface area contributed by atoms with Crippen LogP contribution in [0.1, 0.15) is 35.7 Å². The minimum atomic E-state index is -0.773. The lowest BCUT2D eigenvalue weighted by Crippen LogP contribution is -2.39. The molecule has 1 fully saturated rings. The van der Waals surface area contributed by atoms with Crippen LogP contribution in [-0.4, -0.2) is 22.1 Å². The fraction of sp³-hybridized carbons (Fsp3) is 0.412. The Kier molecular flexibility index (Phi) is 4.71. The van der Waals surface area contributed by atoms with E-state index in [9.17, 15) is 9.90 Å². The maximum absolute atomic E-state index is 11.4. The van der Waals surface area contributed by atoms with E-state index in [1.165, 1.54) is 0 Å². The fourth-order valence-corrected chi connectivity index (χ4v) is 3.74. The Morgan fingerprint density at radius 3 is 2.61 bits per heavy atom. The second-order valence-corrected chi connectivity index (χ2v) is 7.68. The highest BCUT2D eigenvalue weighted by atomic mass is 35.5. The number of aliphatic carboxylic acids is 1. The second kappa shape index (κ2) is 6.59. The summed E-state index contributed by atoms with van der Waals surface area (Å²) in [5.74, 6) is -0.516. The van der Waals surface area contributed by atoms with Gasteiger partial charge in [0.1, 0.15) is 11.0 Å². The highest BCUT2D eigenvalue weighted by Crippen LogP contribution is 2.35. The van der Waals surface area contributed by atoms with E-state index in [0.29, 0.717) is 5.02 Å². The monoisotopic (exact) mass is 350 g/mol. The molecule has 0 bridgehead atoms. The van der Waals surface area contributed by atoms with Gasteiger partial charge in [0.25, 0.3) is 0 Å². The molecule has 0 saturated heterocycles. The average molecular weight is 351 g/mol. The molecule has 1 aliphatic carbocycles. The SMILES string of the molecule is Cc1sc(C(C)NC(C(=O)O)C2CC2)nc1-c1ccc(Cl)cc1. The van der Waals surface area contributed by atoms with Crippen LogP contribution in [0, 0.1) is 12.8 Å². The third-order valence-electron chi connectivity index (χ3n) is 4.09. The Balaban J connectivity index is 1.79. The first-order chi connectivity index (χ1) is 11.0. The minimum absolute atomic E-state index is 0.0820. The molecule has 2 N–H and O–H groups in total. The molecule has 2 atom stereocenters. The van der Waals surface area contributed by atoms with Crippen molar-refractivity contribution < 1.29 is 9.90 Å². The van der Waals surface area contributed by atoms with Gasteiger partial charge in [0.2, 0.25) is 0 Å². The largest absolute Gasteiger partial charge is 0.480 e. The van der Waals surface area contributed by atoms with Crippen molar-refractivity contribution in [3.05, 3.63) is 39.2 Å². The molecule has 1 heterocycles. The zero-order chi connectivity index (χ0) is 16.6. The van der Waals surface area contributed by atoms with Crippen LogP contribution in [0.4, 0.5) is 0 Å². The first-order valence-electron chi connectivity index (χ1n) is 7.68. The number of carbonyl (C=O) groups is 1. The lowest BCUT2D eigenvalue weighted by molar-refractivity contribution is -0.140. The van der Waals surface area contributed by atoms with Crippen LogP contribution in [0.15, 0.2) is 24.3 Å². The van der Waals surface area contributed by atoms with Crippen molar-refractivity contribution in [2.75, 3.05) is 0 Å². The predicted octanol–water partition coefficient (Wildman–Crippen LogP) is 4.29. The molecule has 2 aromatic rings. The maximum atomic E-state index is 11.4. The maximum Gasteiger partial charge on any atom is 0.321 e. The van der Waals surface area contributed by atoms with Crippen LogP contribution in [0.3, 0.4) is 0 Å². The van der Waals surface area contributed by atoms with Gasteiger partial charge < -0.3 is 5.11 Å². The number of nitrogens with zero attached hydrogens (tertiary/aromatic N) is 1. The minimum Gasteiger partial charge on any atom is -0.480 e. The Hall–Kier alpha value is -1.43. The molecule has 0 spiro atoms. The Bertz CT molecular complexity index is 710. The summed E-state index contributed by atoms with van der Waals surface area (Å²) in [6, 6.07) is 7.05. The van der Waals surface area contributed by atoms with Gasteiger partial charge in [-0.1, -0.05) is 23.7 Å². The number of carboxylic acid groups (broad SMARTS) is 1. The highest BCUT2D eigenvalue weighted by Gasteiger charge is 2.37. The molecular formula is C17H19ClN2O2S. The molecule has 1 saturated carbocycles. The van der Waals surface area contributed by atoms with E-state index >= 15 is 0 Å². The molecule has 1 aliphatic rings. The number of benzene rings is 1. The third-order valence-corrected chi connectivity index (χ3v) is 5.50. The number of hydrogen-bond acceptors (Lipinski definition) is 4. The summed E-state index contributed by atoms with van der Waals surface area (Å²) in [5.41, 5.74) is 1.96. The zero-order valence-corrected chi connectivity index (χ0v) is 14.6. The van der Waals surface area contributed by atoms with E-state index in [2.05, 4.69) is 5.32 Å². The number of halogens is 1. The molecular weight excluding hydrogens is 332 g/mol. The summed E-state index contributed by atoms with van der Waals surface area (Å²) in [4.78, 5) is 17.2. The van der Waals surface area contributed by atoms with Gasteiger partial charge in [-0.2, -0.15) is 0 Å². The van der Waals surface area contributed by atoms with Crippen molar-refractivity contribution in [2.45, 2.75) is 38.8 Å². The van der Waals surface area contributed by atoms with Crippen LogP contribution in [-0.2, 0) is 4.79 Å².